The van der Waals surface area contributed by atoms with Crippen LogP contribution in [0.15, 0.2) is 29.8 Å². The Morgan fingerprint density at radius 3 is 2.14 bits per heavy atom. The van der Waals surface area contributed by atoms with Crippen LogP contribution in [0.1, 0.15) is 31.9 Å². The van der Waals surface area contributed by atoms with Gasteiger partial charge in [-0.25, -0.2) is 13.8 Å². The molecule has 0 unspecified atom stereocenters. The predicted octanol–water partition coefficient (Wildman–Crippen LogP) is 5.57. The number of ether oxygens (including phenoxy) is 2. The first-order valence-electron chi connectivity index (χ1n) is 8.58. The van der Waals surface area contributed by atoms with Crippen LogP contribution in [0.4, 0.5) is 23.2 Å². The van der Waals surface area contributed by atoms with E-state index in [0.29, 0.717) is 11.3 Å². The van der Waals surface area contributed by atoms with Crippen molar-refractivity contribution < 1.29 is 32.1 Å². The Bertz CT molecular complexity index is 937. The maximum absolute atomic E-state index is 14.3. The summed E-state index contributed by atoms with van der Waals surface area (Å²) in [5, 5.41) is 10.5. The summed E-state index contributed by atoms with van der Waals surface area (Å²) in [4.78, 5) is 3.53. The zero-order valence-corrected chi connectivity index (χ0v) is 16.4. The topological polar surface area (TPSA) is 51.0 Å². The summed E-state index contributed by atoms with van der Waals surface area (Å²) in [6, 6.07) is 2.98. The number of hydrogen-bond donors (Lipinski definition) is 1. The molecule has 2 rings (SSSR count). The van der Waals surface area contributed by atoms with Crippen molar-refractivity contribution in [2.75, 3.05) is 13.7 Å². The van der Waals surface area contributed by atoms with Crippen molar-refractivity contribution in [1.82, 2.24) is 0 Å². The lowest BCUT2D eigenvalue weighted by Gasteiger charge is -2.22. The number of halogens is 4. The fraction of sp³-hybridized carbons (Fsp3) is 0.286. The molecule has 2 aromatic carbocycles. The summed E-state index contributed by atoms with van der Waals surface area (Å²) >= 11 is 0. The van der Waals surface area contributed by atoms with Gasteiger partial charge in [0.2, 0.25) is 11.6 Å². The maximum Gasteiger partial charge on any atom is 0.206 e. The van der Waals surface area contributed by atoms with Gasteiger partial charge < -0.3 is 14.6 Å². The van der Waals surface area contributed by atoms with Gasteiger partial charge in [-0.05, 0) is 17.5 Å². The Kier molecular flexibility index (Phi) is 6.56. The van der Waals surface area contributed by atoms with Gasteiger partial charge in [0.25, 0.3) is 0 Å². The lowest BCUT2D eigenvalue weighted by atomic mass is 9.85. The molecule has 29 heavy (non-hydrogen) atoms. The van der Waals surface area contributed by atoms with Crippen LogP contribution in [-0.2, 0) is 5.41 Å². The van der Waals surface area contributed by atoms with Crippen LogP contribution in [-0.4, -0.2) is 25.0 Å². The van der Waals surface area contributed by atoms with Gasteiger partial charge in [-0.2, -0.15) is 8.78 Å². The molecule has 0 amide bonds. The highest BCUT2D eigenvalue weighted by Crippen LogP contribution is 2.38. The van der Waals surface area contributed by atoms with Crippen molar-refractivity contribution in [2.45, 2.75) is 26.2 Å². The number of nitrogens with zero attached hydrogens (tertiary/aromatic N) is 1. The number of hydrogen-bond acceptors (Lipinski definition) is 4. The SMILES string of the molecule is C=CCOc1c(F)c(F)c(N=Cc2cc(OC)cc(C(C)(C)C)c2O)c(F)c1F. The number of aromatic hydroxyl groups is 1. The molecule has 0 aromatic heterocycles. The Morgan fingerprint density at radius 2 is 1.66 bits per heavy atom. The Labute approximate surface area is 166 Å². The molecule has 0 saturated carbocycles. The van der Waals surface area contributed by atoms with E-state index < -0.39 is 40.1 Å². The highest BCUT2D eigenvalue weighted by Gasteiger charge is 2.27. The van der Waals surface area contributed by atoms with Crippen LogP contribution in [0.25, 0.3) is 0 Å². The quantitative estimate of drug-likeness (QED) is 0.293. The highest BCUT2D eigenvalue weighted by molar-refractivity contribution is 5.87. The molecule has 2 aromatic rings. The molecule has 0 atom stereocenters. The van der Waals surface area contributed by atoms with E-state index in [1.165, 1.54) is 19.3 Å². The molecule has 0 fully saturated rings. The molecule has 0 saturated heterocycles. The first-order valence-corrected chi connectivity index (χ1v) is 8.58. The van der Waals surface area contributed by atoms with E-state index >= 15 is 0 Å². The molecular formula is C21H21F4NO3. The third-order valence-electron chi connectivity index (χ3n) is 4.03. The lowest BCUT2D eigenvalue weighted by Crippen LogP contribution is -2.12. The molecule has 0 aliphatic rings. The average molecular weight is 411 g/mol. The molecule has 0 radical (unpaired) electrons. The van der Waals surface area contributed by atoms with Crippen LogP contribution < -0.4 is 9.47 Å². The largest absolute Gasteiger partial charge is 0.507 e. The molecule has 0 aliphatic carbocycles. The summed E-state index contributed by atoms with van der Waals surface area (Å²) in [7, 11) is 1.41. The average Bonchev–Trinajstić information content (AvgIpc) is 2.66. The van der Waals surface area contributed by atoms with E-state index in [9.17, 15) is 22.7 Å². The summed E-state index contributed by atoms with van der Waals surface area (Å²) in [5.74, 6) is -7.92. The number of rotatable bonds is 6. The van der Waals surface area contributed by atoms with Crippen molar-refractivity contribution in [3.8, 4) is 17.2 Å². The first-order chi connectivity index (χ1) is 13.5. The minimum atomic E-state index is -1.72. The molecule has 0 aliphatic heterocycles. The van der Waals surface area contributed by atoms with Gasteiger partial charge in [-0.15, -0.1) is 0 Å². The number of methoxy groups -OCH3 is 1. The molecule has 0 spiro atoms. The maximum atomic E-state index is 14.3. The molecular weight excluding hydrogens is 390 g/mol. The van der Waals surface area contributed by atoms with Gasteiger partial charge in [0.15, 0.2) is 17.4 Å². The normalized spacial score (nSPS) is 11.7. The van der Waals surface area contributed by atoms with Crippen molar-refractivity contribution in [3.63, 3.8) is 0 Å². The van der Waals surface area contributed by atoms with Crippen LogP contribution in [0.2, 0.25) is 0 Å². The van der Waals surface area contributed by atoms with E-state index in [-0.39, 0.29) is 17.9 Å². The van der Waals surface area contributed by atoms with Gasteiger partial charge in [-0.1, -0.05) is 33.4 Å². The lowest BCUT2D eigenvalue weighted by molar-refractivity contribution is 0.303. The van der Waals surface area contributed by atoms with Crippen LogP contribution in [0, 0.1) is 23.3 Å². The summed E-state index contributed by atoms with van der Waals surface area (Å²) in [5.41, 5.74) is -1.13. The monoisotopic (exact) mass is 411 g/mol. The third-order valence-corrected chi connectivity index (χ3v) is 4.03. The summed E-state index contributed by atoms with van der Waals surface area (Å²) in [6.45, 7) is 8.47. The van der Waals surface area contributed by atoms with Gasteiger partial charge in [0.1, 0.15) is 23.8 Å². The van der Waals surface area contributed by atoms with Crippen molar-refractivity contribution in [3.05, 3.63) is 59.2 Å². The van der Waals surface area contributed by atoms with Gasteiger partial charge in [0.05, 0.1) is 7.11 Å². The van der Waals surface area contributed by atoms with Gasteiger partial charge in [0, 0.05) is 17.3 Å². The van der Waals surface area contributed by atoms with Crippen LogP contribution in [0.3, 0.4) is 0 Å². The zero-order valence-electron chi connectivity index (χ0n) is 16.4. The number of phenols is 1. The van der Waals surface area contributed by atoms with Crippen LogP contribution >= 0.6 is 0 Å². The van der Waals surface area contributed by atoms with Gasteiger partial charge in [-0.3, -0.25) is 0 Å². The second kappa shape index (κ2) is 8.55. The van der Waals surface area contributed by atoms with E-state index in [0.717, 1.165) is 6.21 Å². The van der Waals surface area contributed by atoms with E-state index in [1.54, 1.807) is 6.07 Å². The molecule has 8 heteroatoms. The first kappa shape index (κ1) is 22.3. The van der Waals surface area contributed by atoms with E-state index in [1.807, 2.05) is 20.8 Å². The molecule has 4 nitrogen and oxygen atoms in total. The Hall–Kier alpha value is -3.03. The number of phenolic OH excluding ortho intramolecular Hbond substituents is 1. The van der Waals surface area contributed by atoms with Crippen molar-refractivity contribution >= 4 is 11.9 Å². The van der Waals surface area contributed by atoms with Crippen molar-refractivity contribution in [1.29, 1.82) is 0 Å². The van der Waals surface area contributed by atoms with Crippen molar-refractivity contribution in [2.24, 2.45) is 4.99 Å². The second-order valence-electron chi connectivity index (χ2n) is 7.15. The van der Waals surface area contributed by atoms with Gasteiger partial charge >= 0.3 is 0 Å². The third kappa shape index (κ3) is 4.52. The highest BCUT2D eigenvalue weighted by atomic mass is 19.2. The van der Waals surface area contributed by atoms with E-state index in [2.05, 4.69) is 16.3 Å². The second-order valence-corrected chi connectivity index (χ2v) is 7.15. The minimum absolute atomic E-state index is 0.0564. The molecule has 0 bridgehead atoms. The number of benzene rings is 2. The summed E-state index contributed by atoms with van der Waals surface area (Å²) in [6.07, 6.45) is 2.07. The van der Waals surface area contributed by atoms with E-state index in [4.69, 9.17) is 4.74 Å². The predicted molar refractivity (Wildman–Crippen MR) is 103 cm³/mol. The molecule has 156 valence electrons. The Morgan fingerprint density at radius 1 is 1.07 bits per heavy atom. The van der Waals surface area contributed by atoms with Crippen LogP contribution in [0.5, 0.6) is 17.2 Å². The fourth-order valence-corrected chi connectivity index (χ4v) is 2.53. The standard InChI is InChI=1S/C21H21F4NO3/c1-6-7-29-20-16(24)14(22)18(15(23)17(20)25)26-10-11-8-12(28-5)9-13(19(11)27)21(2,3)4/h6,8-10,27H,1,7H2,2-5H3. The minimum Gasteiger partial charge on any atom is -0.507 e. The fourth-order valence-electron chi connectivity index (χ4n) is 2.53. The Balaban J connectivity index is 2.59. The molecule has 0 heterocycles. The number of aliphatic imine (C=N–C) groups is 1. The summed E-state index contributed by atoms with van der Waals surface area (Å²) < 4.78 is 66.5. The smallest absolute Gasteiger partial charge is 0.206 e. The zero-order chi connectivity index (χ0) is 21.9. The molecule has 1 N–H and O–H groups in total.